The molecule has 2 aromatic rings. The molecule has 0 aromatic heterocycles. The molecule has 9 nitrogen and oxygen atoms in total. The molecule has 2 unspecified atom stereocenters. The molecule has 11 heteroatoms. The third-order valence-electron chi connectivity index (χ3n) is 4.58. The summed E-state index contributed by atoms with van der Waals surface area (Å²) in [5.74, 6) is -1.25. The van der Waals surface area contributed by atoms with Gasteiger partial charge >= 0.3 is 16.1 Å². The second kappa shape index (κ2) is 13.4. The first-order valence-electron chi connectivity index (χ1n) is 10.2. The first kappa shape index (κ1) is 28.7. The second-order valence-corrected chi connectivity index (χ2v) is 8.79. The van der Waals surface area contributed by atoms with E-state index in [1.807, 2.05) is 0 Å². The van der Waals surface area contributed by atoms with E-state index in [9.17, 15) is 22.8 Å². The summed E-state index contributed by atoms with van der Waals surface area (Å²) < 4.78 is 40.9. The smallest absolute Gasteiger partial charge is 0.341 e. The first-order chi connectivity index (χ1) is 15.6. The Morgan fingerprint density at radius 1 is 1.00 bits per heavy atom. The van der Waals surface area contributed by atoms with Crippen LogP contribution in [0.5, 0.6) is 5.75 Å². The molecule has 0 saturated heterocycles. The Labute approximate surface area is 197 Å². The van der Waals surface area contributed by atoms with Gasteiger partial charge in [0.1, 0.15) is 22.5 Å². The van der Waals surface area contributed by atoms with Crippen molar-refractivity contribution < 1.29 is 41.2 Å². The lowest BCUT2D eigenvalue weighted by Crippen LogP contribution is -2.31. The molecular weight excluding hydrogens is 469 g/mol. The first-order valence-corrected chi connectivity index (χ1v) is 11.6. The number of hydrogen-bond acceptors (Lipinski definition) is 8. The van der Waals surface area contributed by atoms with Crippen LogP contribution in [0, 0.1) is 0 Å². The van der Waals surface area contributed by atoms with Crippen LogP contribution in [0.25, 0.3) is 0 Å². The molecule has 0 radical (unpaired) electrons. The molecule has 0 aliphatic carbocycles. The van der Waals surface area contributed by atoms with Gasteiger partial charge in [-0.25, -0.2) is 4.79 Å². The number of nitrogens with one attached hydrogen (secondary N) is 1. The highest BCUT2D eigenvalue weighted by Crippen LogP contribution is 2.25. The van der Waals surface area contributed by atoms with Gasteiger partial charge in [0.2, 0.25) is 5.91 Å². The maximum Gasteiger partial charge on any atom is 0.341 e. The maximum atomic E-state index is 12.8. The van der Waals surface area contributed by atoms with Crippen LogP contribution in [0.3, 0.4) is 0 Å². The molecule has 186 valence electrons. The average Bonchev–Trinajstić information content (AvgIpc) is 2.77. The van der Waals surface area contributed by atoms with E-state index >= 15 is 0 Å². The van der Waals surface area contributed by atoms with Gasteiger partial charge in [0.15, 0.2) is 6.10 Å². The van der Waals surface area contributed by atoms with Crippen molar-refractivity contribution in [2.45, 2.75) is 50.2 Å². The highest BCUT2D eigenvalue weighted by atomic mass is 32.2. The minimum absolute atomic E-state index is 0. The quantitative estimate of drug-likeness (QED) is 0.350. The zero-order chi connectivity index (χ0) is 24.4. The molecule has 2 atom stereocenters. The van der Waals surface area contributed by atoms with Crippen molar-refractivity contribution in [3.05, 3.63) is 54.6 Å². The molecular formula is C23H28FNO8S. The predicted molar refractivity (Wildman–Crippen MR) is 123 cm³/mol. The number of rotatable bonds is 12. The lowest BCUT2D eigenvalue weighted by molar-refractivity contribution is -0.161. The molecule has 1 N–H and O–H groups in total. The number of hydrogen-bond donors (Lipinski definition) is 1. The van der Waals surface area contributed by atoms with Crippen LogP contribution in [0.4, 0.5) is 10.4 Å². The van der Waals surface area contributed by atoms with Gasteiger partial charge in [-0.15, -0.1) is 0 Å². The molecule has 0 bridgehead atoms. The molecule has 34 heavy (non-hydrogen) atoms. The minimum atomic E-state index is -4.23. The molecule has 0 aliphatic heterocycles. The number of carbonyl (C=O) groups is 3. The third kappa shape index (κ3) is 8.91. The van der Waals surface area contributed by atoms with Crippen molar-refractivity contribution in [2.75, 3.05) is 12.4 Å². The number of ether oxygens (including phenoxy) is 2. The molecule has 0 heterocycles. The lowest BCUT2D eigenvalue weighted by Gasteiger charge is -2.19. The van der Waals surface area contributed by atoms with E-state index in [0.717, 1.165) is 0 Å². The van der Waals surface area contributed by atoms with Gasteiger partial charge in [-0.2, -0.15) is 8.42 Å². The number of ketones is 1. The van der Waals surface area contributed by atoms with Crippen molar-refractivity contribution in [2.24, 2.45) is 0 Å². The van der Waals surface area contributed by atoms with Crippen molar-refractivity contribution >= 4 is 33.5 Å². The predicted octanol–water partition coefficient (Wildman–Crippen LogP) is 3.25. The van der Waals surface area contributed by atoms with E-state index in [4.69, 9.17) is 13.7 Å². The highest BCUT2D eigenvalue weighted by molar-refractivity contribution is 7.87. The van der Waals surface area contributed by atoms with Gasteiger partial charge in [0.05, 0.1) is 12.1 Å². The Morgan fingerprint density at radius 3 is 2.24 bits per heavy atom. The number of Topliss-reactive ketones (excluding diaryl/α,β-unsaturated/α-hetero) is 1. The average molecular weight is 498 g/mol. The molecule has 0 fully saturated rings. The Morgan fingerprint density at radius 2 is 1.62 bits per heavy atom. The van der Waals surface area contributed by atoms with Crippen LogP contribution >= 0.6 is 0 Å². The maximum absolute atomic E-state index is 12.8. The Bertz CT molecular complexity index is 1080. The molecule has 0 aliphatic rings. The van der Waals surface area contributed by atoms with Gasteiger partial charge < -0.3 is 23.8 Å². The van der Waals surface area contributed by atoms with Crippen molar-refractivity contribution in [3.8, 4) is 5.75 Å². The Kier molecular flexibility index (Phi) is 11.3. The van der Waals surface area contributed by atoms with E-state index < -0.39 is 34.2 Å². The number of benzene rings is 2. The molecule has 0 saturated carbocycles. The normalized spacial score (nSPS) is 12.6. The molecule has 2 rings (SSSR count). The zero-order valence-corrected chi connectivity index (χ0v) is 19.9. The van der Waals surface area contributed by atoms with Crippen LogP contribution in [-0.2, 0) is 34.0 Å². The van der Waals surface area contributed by atoms with Crippen LogP contribution in [-0.4, -0.2) is 45.4 Å². The van der Waals surface area contributed by atoms with Crippen molar-refractivity contribution in [3.63, 3.8) is 0 Å². The summed E-state index contributed by atoms with van der Waals surface area (Å²) in [6.07, 6.45) is -1.74. The van der Waals surface area contributed by atoms with Gasteiger partial charge in [-0.1, -0.05) is 30.3 Å². The van der Waals surface area contributed by atoms with Crippen LogP contribution in [0.1, 0.15) is 33.1 Å². The van der Waals surface area contributed by atoms with Crippen LogP contribution in [0.2, 0.25) is 0 Å². The van der Waals surface area contributed by atoms with E-state index in [2.05, 4.69) is 5.32 Å². The van der Waals surface area contributed by atoms with Crippen molar-refractivity contribution in [1.82, 2.24) is 0 Å². The number of esters is 1. The van der Waals surface area contributed by atoms with Gasteiger partial charge in [-0.05, 0) is 44.5 Å². The van der Waals surface area contributed by atoms with Gasteiger partial charge in [0.25, 0.3) is 0 Å². The second-order valence-electron chi connectivity index (χ2n) is 7.28. The monoisotopic (exact) mass is 497 g/mol. The Hall–Kier alpha value is -3.31. The topological polar surface area (TPSA) is 125 Å². The number of halogens is 1. The summed E-state index contributed by atoms with van der Waals surface area (Å²) in [5, 5.41) is 2.53. The lowest BCUT2D eigenvalue weighted by atomic mass is 10.1. The summed E-state index contributed by atoms with van der Waals surface area (Å²) in [7, 11) is -2.89. The molecule has 0 spiro atoms. The van der Waals surface area contributed by atoms with E-state index in [-0.39, 0.29) is 46.1 Å². The minimum Gasteiger partial charge on any atom is -0.460 e. The standard InChI is InChI=1S/C23H27NO8S.FH/c1-16(25)13-14-19(31-23(27)17(2)30-3)15-22(26)24-20-11-7-8-12-21(20)33(28,29)32-18-9-5-4-6-10-18;/h4-12,17,19H,13-15H2,1-3H3,(H,24,26);1H. The van der Waals surface area contributed by atoms with Gasteiger partial charge in [0, 0.05) is 13.5 Å². The number of anilines is 1. The summed E-state index contributed by atoms with van der Waals surface area (Å²) >= 11 is 0. The number of carbonyl (C=O) groups excluding carboxylic acids is 3. The largest absolute Gasteiger partial charge is 0.460 e. The van der Waals surface area contributed by atoms with Crippen molar-refractivity contribution in [1.29, 1.82) is 0 Å². The highest BCUT2D eigenvalue weighted by Gasteiger charge is 2.25. The number of amides is 1. The SMILES string of the molecule is COC(C)C(=O)OC(CCC(C)=O)CC(=O)Nc1ccccc1S(=O)(=O)Oc1ccccc1.F. The summed E-state index contributed by atoms with van der Waals surface area (Å²) in [5.41, 5.74) is 0.0142. The Balaban J connectivity index is 0.00000578. The van der Waals surface area contributed by atoms with Crippen LogP contribution in [0.15, 0.2) is 59.5 Å². The third-order valence-corrected chi connectivity index (χ3v) is 5.89. The number of methoxy groups -OCH3 is 1. The van der Waals surface area contributed by atoms with Crippen LogP contribution < -0.4 is 9.50 Å². The van der Waals surface area contributed by atoms with E-state index in [1.165, 1.54) is 51.3 Å². The van der Waals surface area contributed by atoms with E-state index in [0.29, 0.717) is 0 Å². The molecule has 1 amide bonds. The van der Waals surface area contributed by atoms with E-state index in [1.54, 1.807) is 24.3 Å². The fourth-order valence-electron chi connectivity index (χ4n) is 2.77. The summed E-state index contributed by atoms with van der Waals surface area (Å²) in [6.45, 7) is 2.89. The molecule has 2 aromatic carbocycles. The fourth-order valence-corrected chi connectivity index (χ4v) is 3.85. The summed E-state index contributed by atoms with van der Waals surface area (Å²) in [4.78, 5) is 35.9. The fraction of sp³-hybridized carbons (Fsp3) is 0.348. The van der Waals surface area contributed by atoms with Gasteiger partial charge in [-0.3, -0.25) is 9.50 Å². The summed E-state index contributed by atoms with van der Waals surface area (Å²) in [6, 6.07) is 13.8. The number of para-hydroxylation sites is 2. The zero-order valence-electron chi connectivity index (χ0n) is 19.1.